The fourth-order valence-corrected chi connectivity index (χ4v) is 8.39. The number of likely N-dealkylation sites (tertiary alicyclic amines) is 1. The Hall–Kier alpha value is -2.06. The minimum Gasteiger partial charge on any atom is -0.396 e. The maximum absolute atomic E-state index is 13.8. The highest BCUT2D eigenvalue weighted by atomic mass is 32.2. The summed E-state index contributed by atoms with van der Waals surface area (Å²) in [5.41, 5.74) is 2.71. The maximum Gasteiger partial charge on any atom is 0.248 e. The number of carbonyl (C=O) groups is 3. The molecule has 3 unspecified atom stereocenters. The fourth-order valence-electron chi connectivity index (χ4n) is 5.97. The van der Waals surface area contributed by atoms with E-state index in [1.165, 1.54) is 0 Å². The zero-order valence-electron chi connectivity index (χ0n) is 18.5. The quantitative estimate of drug-likeness (QED) is 0.619. The first-order chi connectivity index (χ1) is 14.8. The fraction of sp³-hybridized carbons (Fsp3) is 0.609. The third-order valence-electron chi connectivity index (χ3n) is 7.33. The van der Waals surface area contributed by atoms with E-state index in [9.17, 15) is 19.5 Å². The number of nitrogens with one attached hydrogen (secondary N) is 2. The summed E-state index contributed by atoms with van der Waals surface area (Å²) >= 11 is 1.66. The highest BCUT2D eigenvalue weighted by molar-refractivity contribution is 8.02. The first-order valence-electron chi connectivity index (χ1n) is 11.0. The Labute approximate surface area is 187 Å². The number of para-hydroxylation sites is 1. The number of thioether (sulfide) groups is 1. The van der Waals surface area contributed by atoms with Gasteiger partial charge in [0.1, 0.15) is 6.04 Å². The molecule has 3 N–H and O–H groups in total. The van der Waals surface area contributed by atoms with Crippen LogP contribution in [0.3, 0.4) is 0 Å². The van der Waals surface area contributed by atoms with E-state index in [1.807, 2.05) is 32.0 Å². The van der Waals surface area contributed by atoms with Gasteiger partial charge in [-0.25, -0.2) is 0 Å². The van der Waals surface area contributed by atoms with Crippen molar-refractivity contribution in [2.75, 3.05) is 25.5 Å². The Morgan fingerprint density at radius 2 is 1.94 bits per heavy atom. The summed E-state index contributed by atoms with van der Waals surface area (Å²) < 4.78 is -0.630. The predicted octanol–water partition coefficient (Wildman–Crippen LogP) is 1.71. The predicted molar refractivity (Wildman–Crippen MR) is 121 cm³/mol. The summed E-state index contributed by atoms with van der Waals surface area (Å²) in [4.78, 5) is 41.8. The lowest BCUT2D eigenvalue weighted by Crippen LogP contribution is -2.55. The topological polar surface area (TPSA) is 98.7 Å². The summed E-state index contributed by atoms with van der Waals surface area (Å²) in [6.45, 7) is 6.25. The first kappa shape index (κ1) is 22.1. The van der Waals surface area contributed by atoms with Crippen LogP contribution in [0.15, 0.2) is 18.2 Å². The number of hydrogen-bond acceptors (Lipinski definition) is 5. The Morgan fingerprint density at radius 1 is 1.26 bits per heavy atom. The van der Waals surface area contributed by atoms with Crippen molar-refractivity contribution < 1.29 is 19.5 Å². The molecular formula is C23H31N3O4S. The highest BCUT2D eigenvalue weighted by Crippen LogP contribution is 2.68. The molecule has 3 saturated heterocycles. The molecule has 7 nitrogen and oxygen atoms in total. The van der Waals surface area contributed by atoms with E-state index < -0.39 is 22.6 Å². The summed E-state index contributed by atoms with van der Waals surface area (Å²) in [5, 5.41) is 15.3. The molecule has 3 aliphatic heterocycles. The van der Waals surface area contributed by atoms with Crippen LogP contribution in [0.25, 0.3) is 0 Å². The molecule has 8 heteroatoms. The van der Waals surface area contributed by atoms with E-state index in [4.69, 9.17) is 0 Å². The van der Waals surface area contributed by atoms with Gasteiger partial charge >= 0.3 is 0 Å². The van der Waals surface area contributed by atoms with Gasteiger partial charge in [0, 0.05) is 31.1 Å². The van der Waals surface area contributed by atoms with Gasteiger partial charge in [0.2, 0.25) is 17.7 Å². The van der Waals surface area contributed by atoms with Crippen molar-refractivity contribution in [3.05, 3.63) is 29.3 Å². The first-order valence-corrected chi connectivity index (χ1v) is 11.8. The summed E-state index contributed by atoms with van der Waals surface area (Å²) in [7, 11) is 1.60. The molecule has 4 rings (SSSR count). The number of carbonyl (C=O) groups excluding carboxylic acids is 3. The van der Waals surface area contributed by atoms with Gasteiger partial charge in [0.15, 0.2) is 0 Å². The zero-order valence-corrected chi connectivity index (χ0v) is 19.3. The Bertz CT molecular complexity index is 902. The van der Waals surface area contributed by atoms with Gasteiger partial charge in [-0.2, -0.15) is 0 Å². The number of hydrogen-bond donors (Lipinski definition) is 3. The zero-order chi connectivity index (χ0) is 22.5. The van der Waals surface area contributed by atoms with Gasteiger partial charge in [-0.05, 0) is 43.7 Å². The summed E-state index contributed by atoms with van der Waals surface area (Å²) in [6.07, 6.45) is 1.21. The number of aliphatic hydroxyl groups is 1. The lowest BCUT2D eigenvalue weighted by molar-refractivity contribution is -0.139. The largest absolute Gasteiger partial charge is 0.396 e. The summed E-state index contributed by atoms with van der Waals surface area (Å²) in [6, 6.07) is 5.18. The van der Waals surface area contributed by atoms with Crippen LogP contribution < -0.4 is 10.6 Å². The maximum atomic E-state index is 13.8. The number of benzene rings is 1. The smallest absolute Gasteiger partial charge is 0.248 e. The molecule has 3 aliphatic rings. The second-order valence-electron chi connectivity index (χ2n) is 9.03. The molecule has 3 amide bonds. The van der Waals surface area contributed by atoms with Crippen molar-refractivity contribution >= 4 is 35.2 Å². The normalized spacial score (nSPS) is 33.5. The molecule has 1 aromatic carbocycles. The van der Waals surface area contributed by atoms with Crippen LogP contribution >= 0.6 is 11.8 Å². The average Bonchev–Trinajstić information content (AvgIpc) is 3.32. The van der Waals surface area contributed by atoms with Crippen LogP contribution in [-0.4, -0.2) is 64.0 Å². The van der Waals surface area contributed by atoms with E-state index in [1.54, 1.807) is 23.7 Å². The third kappa shape index (κ3) is 3.18. The van der Waals surface area contributed by atoms with Crippen molar-refractivity contribution in [2.24, 2.45) is 17.8 Å². The molecule has 6 atom stereocenters. The van der Waals surface area contributed by atoms with E-state index in [0.29, 0.717) is 13.0 Å². The van der Waals surface area contributed by atoms with Crippen LogP contribution in [0, 0.1) is 31.6 Å². The number of rotatable bonds is 6. The second-order valence-corrected chi connectivity index (χ2v) is 10.6. The molecule has 1 spiro atoms. The van der Waals surface area contributed by atoms with Crippen molar-refractivity contribution in [1.82, 2.24) is 10.2 Å². The lowest BCUT2D eigenvalue weighted by atomic mass is 9.66. The molecule has 3 fully saturated rings. The van der Waals surface area contributed by atoms with Crippen LogP contribution in [0.1, 0.15) is 30.9 Å². The Kier molecular flexibility index (Phi) is 5.81. The molecule has 0 aliphatic carbocycles. The molecule has 0 aromatic heterocycles. The van der Waals surface area contributed by atoms with Gasteiger partial charge < -0.3 is 20.6 Å². The van der Waals surface area contributed by atoms with Crippen molar-refractivity contribution in [1.29, 1.82) is 0 Å². The van der Waals surface area contributed by atoms with Gasteiger partial charge in [-0.15, -0.1) is 11.8 Å². The van der Waals surface area contributed by atoms with Gasteiger partial charge in [0.25, 0.3) is 0 Å². The molecule has 1 aromatic rings. The standard InChI is InChI=1S/C23H31N3O4S/c1-12-7-5-8-13(2)18(12)25-21(29)19-23-14(3)11-15(31-23)16(20(28)24-4)17(23)22(30)26(19)9-6-10-27/h5,7-8,14-17,19,27H,6,9-11H2,1-4H3,(H,24,28)(H,25,29)/t14?,15-,16+,17+,19?,23?/m1/s1. The number of fused-ring (bicyclic) bond motifs is 1. The van der Waals surface area contributed by atoms with Gasteiger partial charge in [0.05, 0.1) is 16.6 Å². The molecule has 2 bridgehead atoms. The summed E-state index contributed by atoms with van der Waals surface area (Å²) in [5.74, 6) is -1.27. The Morgan fingerprint density at radius 3 is 2.55 bits per heavy atom. The molecule has 0 saturated carbocycles. The molecule has 3 heterocycles. The molecule has 31 heavy (non-hydrogen) atoms. The number of amides is 3. The third-order valence-corrected chi connectivity index (χ3v) is 9.41. The number of aliphatic hydroxyl groups excluding tert-OH is 1. The molecule has 168 valence electrons. The highest BCUT2D eigenvalue weighted by Gasteiger charge is 2.75. The van der Waals surface area contributed by atoms with Crippen LogP contribution in [0.2, 0.25) is 0 Å². The van der Waals surface area contributed by atoms with Gasteiger partial charge in [-0.3, -0.25) is 14.4 Å². The number of aryl methyl sites for hydroxylation is 2. The minimum absolute atomic E-state index is 0.0411. The van der Waals surface area contributed by atoms with Crippen molar-refractivity contribution in [2.45, 2.75) is 49.7 Å². The van der Waals surface area contributed by atoms with E-state index >= 15 is 0 Å². The van der Waals surface area contributed by atoms with Crippen LogP contribution in [-0.2, 0) is 14.4 Å². The average molecular weight is 446 g/mol. The second kappa shape index (κ2) is 8.13. The number of anilines is 1. The van der Waals surface area contributed by atoms with E-state index in [0.717, 1.165) is 23.2 Å². The van der Waals surface area contributed by atoms with E-state index in [-0.39, 0.29) is 35.5 Å². The minimum atomic E-state index is -0.671. The monoisotopic (exact) mass is 445 g/mol. The SMILES string of the molecule is CNC(=O)[C@@H]1[C@H]2C(=O)N(CCCO)C(C(=O)Nc3c(C)cccc3C)C23S[C@@H]1CC3C. The number of nitrogens with zero attached hydrogens (tertiary/aromatic N) is 1. The Balaban J connectivity index is 1.76. The van der Waals surface area contributed by atoms with Crippen LogP contribution in [0.5, 0.6) is 0 Å². The van der Waals surface area contributed by atoms with E-state index in [2.05, 4.69) is 17.6 Å². The lowest BCUT2D eigenvalue weighted by Gasteiger charge is -2.38. The van der Waals surface area contributed by atoms with Crippen LogP contribution in [0.4, 0.5) is 5.69 Å². The molecular weight excluding hydrogens is 414 g/mol. The van der Waals surface area contributed by atoms with Crippen molar-refractivity contribution in [3.8, 4) is 0 Å². The molecule has 0 radical (unpaired) electrons. The van der Waals surface area contributed by atoms with Crippen molar-refractivity contribution in [3.63, 3.8) is 0 Å². The van der Waals surface area contributed by atoms with Gasteiger partial charge in [-0.1, -0.05) is 25.1 Å².